The number of anilines is 3. The number of hydrogen-bond acceptors (Lipinski definition) is 1. The zero-order valence-electron chi connectivity index (χ0n) is 38.8. The lowest BCUT2D eigenvalue weighted by Crippen LogP contribution is -2.09. The number of hydrogen-bond donors (Lipinski definition) is 0. The first-order valence-electron chi connectivity index (χ1n) is 22.9. The van der Waals surface area contributed by atoms with Crippen LogP contribution in [0.5, 0.6) is 0 Å². The Labute approximate surface area is 345 Å². The minimum absolute atomic E-state index is 0.115. The second-order valence-electron chi connectivity index (χ2n) is 13.9. The maximum Gasteiger partial charge on any atom is 0.0645 e. The molecule has 0 amide bonds. The molecule has 0 aliphatic heterocycles. The van der Waals surface area contributed by atoms with Crippen LogP contribution in [0.2, 0.25) is 0 Å². The number of fused-ring (bicyclic) bond motifs is 2. The van der Waals surface area contributed by atoms with Crippen molar-refractivity contribution >= 4 is 38.6 Å². The van der Waals surface area contributed by atoms with Gasteiger partial charge in [-0.1, -0.05) is 182 Å². The maximum absolute atomic E-state index is 9.54. The molecule has 0 bridgehead atoms. The standard InChI is InChI=1S/C56H39N/c1-3-13-45(14-4-1)55-36-29-51(39-56(55)46-15-5-2-6-16-46)44-27-34-54(35-28-44)57(52-30-23-42(24-31-52)49-21-19-40-11-7-9-17-47(40)37-49)53-32-25-43(26-33-53)50-22-20-41-12-8-10-18-48(41)38-50/h1-39H/i23D,24D,25D,26D,30D,31D,32D,33D. The number of rotatable bonds is 8. The Morgan fingerprint density at radius 3 is 1.16 bits per heavy atom. The second kappa shape index (κ2) is 15.0. The van der Waals surface area contributed by atoms with E-state index in [0.29, 0.717) is 16.8 Å². The minimum atomic E-state index is -0.391. The van der Waals surface area contributed by atoms with Gasteiger partial charge in [0.2, 0.25) is 0 Å². The zero-order chi connectivity index (χ0) is 44.9. The van der Waals surface area contributed by atoms with Gasteiger partial charge in [0, 0.05) is 17.1 Å². The predicted octanol–water partition coefficient (Wildman–Crippen LogP) is 15.8. The third-order valence-electron chi connectivity index (χ3n) is 10.4. The first kappa shape index (κ1) is 26.3. The van der Waals surface area contributed by atoms with E-state index in [9.17, 15) is 11.0 Å². The molecule has 0 aliphatic rings. The molecule has 10 aromatic carbocycles. The summed E-state index contributed by atoms with van der Waals surface area (Å²) in [6.07, 6.45) is 0. The molecular weight excluding hydrogens is 687 g/mol. The molecule has 0 radical (unpaired) electrons. The monoisotopic (exact) mass is 733 g/mol. The molecule has 10 rings (SSSR count). The zero-order valence-corrected chi connectivity index (χ0v) is 30.8. The maximum atomic E-state index is 9.54. The van der Waals surface area contributed by atoms with Crippen molar-refractivity contribution in [2.45, 2.75) is 0 Å². The molecule has 1 heteroatoms. The van der Waals surface area contributed by atoms with Gasteiger partial charge in [-0.15, -0.1) is 0 Å². The van der Waals surface area contributed by atoms with E-state index >= 15 is 0 Å². The van der Waals surface area contributed by atoms with Crippen LogP contribution in [-0.4, -0.2) is 0 Å². The highest BCUT2D eigenvalue weighted by Crippen LogP contribution is 2.40. The molecule has 0 aliphatic carbocycles. The highest BCUT2D eigenvalue weighted by Gasteiger charge is 2.15. The van der Waals surface area contributed by atoms with Crippen LogP contribution in [0.1, 0.15) is 11.0 Å². The van der Waals surface area contributed by atoms with Crippen LogP contribution in [0.4, 0.5) is 17.1 Å². The van der Waals surface area contributed by atoms with E-state index in [4.69, 9.17) is 0 Å². The first-order chi connectivity index (χ1) is 31.6. The summed E-state index contributed by atoms with van der Waals surface area (Å²) < 4.78 is 75.7. The summed E-state index contributed by atoms with van der Waals surface area (Å²) in [5, 5.41) is 3.70. The van der Waals surface area contributed by atoms with Gasteiger partial charge in [0.15, 0.2) is 0 Å². The third kappa shape index (κ3) is 6.88. The van der Waals surface area contributed by atoms with Crippen molar-refractivity contribution in [3.63, 3.8) is 0 Å². The Bertz CT molecular complexity index is 3260. The van der Waals surface area contributed by atoms with E-state index in [-0.39, 0.29) is 46.7 Å². The summed E-state index contributed by atoms with van der Waals surface area (Å²) in [6, 6.07) is 57.7. The van der Waals surface area contributed by atoms with Crippen LogP contribution in [0.25, 0.3) is 77.2 Å². The van der Waals surface area contributed by atoms with Crippen molar-refractivity contribution in [3.05, 3.63) is 236 Å². The molecule has 1 nitrogen and oxygen atoms in total. The van der Waals surface area contributed by atoms with Crippen LogP contribution in [0.15, 0.2) is 236 Å². The Morgan fingerprint density at radius 2 is 0.649 bits per heavy atom. The average molecular weight is 734 g/mol. The topological polar surface area (TPSA) is 3.24 Å². The summed E-state index contributed by atoms with van der Waals surface area (Å²) in [6.45, 7) is 0. The molecule has 57 heavy (non-hydrogen) atoms. The van der Waals surface area contributed by atoms with Crippen molar-refractivity contribution in [2.75, 3.05) is 4.90 Å². The van der Waals surface area contributed by atoms with E-state index in [2.05, 4.69) is 42.5 Å². The largest absolute Gasteiger partial charge is 0.311 e. The summed E-state index contributed by atoms with van der Waals surface area (Å²) in [5.74, 6) is 0. The van der Waals surface area contributed by atoms with E-state index in [1.165, 1.54) is 4.90 Å². The molecule has 0 spiro atoms. The van der Waals surface area contributed by atoms with Gasteiger partial charge in [-0.3, -0.25) is 0 Å². The number of nitrogens with zero attached hydrogens (tertiary/aromatic N) is 1. The molecule has 0 fully saturated rings. The quantitative estimate of drug-likeness (QED) is 0.150. The number of benzene rings is 10. The lowest BCUT2D eigenvalue weighted by Gasteiger charge is -2.26. The van der Waals surface area contributed by atoms with Gasteiger partial charge in [0.1, 0.15) is 0 Å². The van der Waals surface area contributed by atoms with E-state index in [0.717, 1.165) is 54.9 Å². The van der Waals surface area contributed by atoms with Crippen molar-refractivity contribution in [3.8, 4) is 55.6 Å². The Morgan fingerprint density at radius 1 is 0.246 bits per heavy atom. The fourth-order valence-electron chi connectivity index (χ4n) is 7.44. The molecule has 0 saturated carbocycles. The lowest BCUT2D eigenvalue weighted by molar-refractivity contribution is 1.28. The molecule has 0 unspecified atom stereocenters. The third-order valence-corrected chi connectivity index (χ3v) is 10.4. The minimum Gasteiger partial charge on any atom is -0.311 e. The van der Waals surface area contributed by atoms with Gasteiger partial charge >= 0.3 is 0 Å². The Kier molecular flexibility index (Phi) is 6.92. The fourth-order valence-corrected chi connectivity index (χ4v) is 7.44. The van der Waals surface area contributed by atoms with Gasteiger partial charge in [-0.25, -0.2) is 0 Å². The molecular formula is C56H39N. The molecule has 0 aromatic heterocycles. The lowest BCUT2D eigenvalue weighted by atomic mass is 9.91. The van der Waals surface area contributed by atoms with Crippen LogP contribution >= 0.6 is 0 Å². The molecule has 268 valence electrons. The summed E-state index contributed by atoms with van der Waals surface area (Å²) in [5.41, 5.74) is 7.23. The van der Waals surface area contributed by atoms with Crippen LogP contribution in [0, 0.1) is 0 Å². The second-order valence-corrected chi connectivity index (χ2v) is 13.9. The molecule has 0 N–H and O–H groups in total. The Hall–Kier alpha value is -7.48. The van der Waals surface area contributed by atoms with Gasteiger partial charge in [0.25, 0.3) is 0 Å². The molecule has 10 aromatic rings. The summed E-state index contributed by atoms with van der Waals surface area (Å²) in [7, 11) is 0. The van der Waals surface area contributed by atoms with E-state index in [1.54, 1.807) is 24.3 Å². The SMILES string of the molecule is [2H]c1c([2H])c(N(c2ccc(-c3ccc(-c4ccccc4)c(-c4ccccc4)c3)cc2)c2c([2H])c([2H])c(-c3ccc4ccccc4c3)c([2H])c2[2H])c([2H])c([2H])c1-c1ccc2ccccc2c1. The molecule has 0 atom stereocenters. The van der Waals surface area contributed by atoms with Crippen LogP contribution < -0.4 is 4.90 Å². The smallest absolute Gasteiger partial charge is 0.0645 e. The first-order valence-corrected chi connectivity index (χ1v) is 18.9. The molecule has 0 heterocycles. The van der Waals surface area contributed by atoms with Crippen molar-refractivity contribution < 1.29 is 11.0 Å². The van der Waals surface area contributed by atoms with Gasteiger partial charge in [-0.2, -0.15) is 0 Å². The Balaban J connectivity index is 1.16. The summed E-state index contributed by atoms with van der Waals surface area (Å²) >= 11 is 0. The average Bonchev–Trinajstić information content (AvgIpc) is 3.35. The fraction of sp³-hybridized carbons (Fsp3) is 0. The van der Waals surface area contributed by atoms with Crippen LogP contribution in [-0.2, 0) is 0 Å². The van der Waals surface area contributed by atoms with Gasteiger partial charge in [-0.05, 0) is 132 Å². The van der Waals surface area contributed by atoms with Crippen molar-refractivity contribution in [1.29, 1.82) is 0 Å². The van der Waals surface area contributed by atoms with Crippen molar-refractivity contribution in [1.82, 2.24) is 0 Å². The molecule has 0 saturated heterocycles. The van der Waals surface area contributed by atoms with Gasteiger partial charge in [0.05, 0.1) is 11.0 Å². The highest BCUT2D eigenvalue weighted by atomic mass is 15.1. The highest BCUT2D eigenvalue weighted by molar-refractivity contribution is 5.91. The summed E-state index contributed by atoms with van der Waals surface area (Å²) in [4.78, 5) is 1.35. The van der Waals surface area contributed by atoms with E-state index in [1.807, 2.05) is 121 Å². The normalized spacial score (nSPS) is 13.1. The van der Waals surface area contributed by atoms with Gasteiger partial charge < -0.3 is 4.90 Å². The van der Waals surface area contributed by atoms with Crippen LogP contribution in [0.3, 0.4) is 0 Å². The predicted molar refractivity (Wildman–Crippen MR) is 243 cm³/mol. The van der Waals surface area contributed by atoms with E-state index < -0.39 is 24.2 Å². The van der Waals surface area contributed by atoms with Crippen molar-refractivity contribution in [2.24, 2.45) is 0 Å².